The van der Waals surface area contributed by atoms with Crippen LogP contribution in [0.15, 0.2) is 47.8 Å². The number of benzene rings is 1. The fourth-order valence-electron chi connectivity index (χ4n) is 2.25. The predicted molar refractivity (Wildman–Crippen MR) is 102 cm³/mol. The van der Waals surface area contributed by atoms with Crippen molar-refractivity contribution >= 4 is 12.1 Å². The molecule has 0 aliphatic carbocycles. The van der Waals surface area contributed by atoms with E-state index in [9.17, 15) is 4.79 Å². The highest BCUT2D eigenvalue weighted by Gasteiger charge is 2.06. The summed E-state index contributed by atoms with van der Waals surface area (Å²) in [5, 5.41) is 3.99. The largest absolute Gasteiger partial charge is 0.490 e. The minimum absolute atomic E-state index is 0.310. The monoisotopic (exact) mass is 355 g/mol. The molecule has 1 aromatic carbocycles. The maximum absolute atomic E-state index is 11.9. The Morgan fingerprint density at radius 2 is 2.08 bits per heavy atom. The number of nitrogens with one attached hydrogen (secondary N) is 1. The van der Waals surface area contributed by atoms with E-state index in [0.29, 0.717) is 24.5 Å². The molecule has 0 unspecified atom stereocenters. The van der Waals surface area contributed by atoms with Gasteiger partial charge in [0.15, 0.2) is 11.5 Å². The Kier molecular flexibility index (Phi) is 8.12. The Morgan fingerprint density at radius 3 is 2.81 bits per heavy atom. The quantitative estimate of drug-likeness (QED) is 0.399. The molecular formula is C20H25N3O3. The van der Waals surface area contributed by atoms with Crippen LogP contribution in [0.5, 0.6) is 11.5 Å². The van der Waals surface area contributed by atoms with E-state index in [0.717, 1.165) is 30.6 Å². The number of pyridine rings is 1. The van der Waals surface area contributed by atoms with Gasteiger partial charge < -0.3 is 9.47 Å². The summed E-state index contributed by atoms with van der Waals surface area (Å²) in [4.78, 5) is 15.8. The smallest absolute Gasteiger partial charge is 0.272 e. The fourth-order valence-corrected chi connectivity index (χ4v) is 2.25. The summed E-state index contributed by atoms with van der Waals surface area (Å²) in [6.07, 6.45) is 7.99. The van der Waals surface area contributed by atoms with Crippen LogP contribution in [0.4, 0.5) is 0 Å². The van der Waals surface area contributed by atoms with Crippen molar-refractivity contribution in [2.24, 2.45) is 5.10 Å². The van der Waals surface area contributed by atoms with E-state index in [1.54, 1.807) is 24.5 Å². The fraction of sp³-hybridized carbons (Fsp3) is 0.350. The van der Waals surface area contributed by atoms with E-state index in [-0.39, 0.29) is 5.91 Å². The highest BCUT2D eigenvalue weighted by Crippen LogP contribution is 2.28. The lowest BCUT2D eigenvalue weighted by Crippen LogP contribution is -2.17. The molecule has 1 heterocycles. The lowest BCUT2D eigenvalue weighted by Gasteiger charge is -2.12. The number of carbonyl (C=O) groups is 1. The Bertz CT molecular complexity index is 717. The zero-order valence-electron chi connectivity index (χ0n) is 15.3. The van der Waals surface area contributed by atoms with Crippen molar-refractivity contribution < 1.29 is 14.3 Å². The van der Waals surface area contributed by atoms with Crippen molar-refractivity contribution in [2.75, 3.05) is 13.2 Å². The van der Waals surface area contributed by atoms with E-state index in [1.807, 2.05) is 25.1 Å². The standard InChI is InChI=1S/C20H25N3O3/c1-3-5-6-12-26-18-10-9-16(13-19(18)25-4-2)14-22-23-20(24)17-8-7-11-21-15-17/h7-11,13-15H,3-6,12H2,1-2H3,(H,23,24)/b22-14-. The van der Waals surface area contributed by atoms with Gasteiger partial charge in [-0.2, -0.15) is 5.10 Å². The number of aromatic nitrogens is 1. The first-order valence-corrected chi connectivity index (χ1v) is 8.87. The average Bonchev–Trinajstić information content (AvgIpc) is 2.67. The molecule has 26 heavy (non-hydrogen) atoms. The Labute approximate surface area is 154 Å². The van der Waals surface area contributed by atoms with Crippen LogP contribution in [0.3, 0.4) is 0 Å². The molecule has 6 heteroatoms. The minimum atomic E-state index is -0.310. The van der Waals surface area contributed by atoms with Crippen molar-refractivity contribution in [3.8, 4) is 11.5 Å². The summed E-state index contributed by atoms with van der Waals surface area (Å²) in [5.74, 6) is 1.08. The second-order valence-electron chi connectivity index (χ2n) is 5.64. The number of unbranched alkanes of at least 4 members (excludes halogenated alkanes) is 2. The number of hydrazone groups is 1. The molecule has 6 nitrogen and oxygen atoms in total. The number of ether oxygens (including phenoxy) is 2. The molecule has 0 saturated heterocycles. The van der Waals surface area contributed by atoms with Crippen molar-refractivity contribution in [3.63, 3.8) is 0 Å². The van der Waals surface area contributed by atoms with Gasteiger partial charge in [0.05, 0.1) is 25.0 Å². The molecule has 1 amide bonds. The normalized spacial score (nSPS) is 10.7. The molecule has 0 aliphatic heterocycles. The maximum Gasteiger partial charge on any atom is 0.272 e. The minimum Gasteiger partial charge on any atom is -0.490 e. The zero-order chi connectivity index (χ0) is 18.6. The van der Waals surface area contributed by atoms with Crippen LogP contribution in [-0.2, 0) is 0 Å². The average molecular weight is 355 g/mol. The molecule has 0 atom stereocenters. The number of nitrogens with zero attached hydrogens (tertiary/aromatic N) is 2. The van der Waals surface area contributed by atoms with Crippen molar-refractivity contribution in [2.45, 2.75) is 33.1 Å². The number of hydrogen-bond acceptors (Lipinski definition) is 5. The third-order valence-corrected chi connectivity index (χ3v) is 3.58. The summed E-state index contributed by atoms with van der Waals surface area (Å²) < 4.78 is 11.5. The molecule has 0 radical (unpaired) electrons. The van der Waals surface area contributed by atoms with Gasteiger partial charge in [-0.1, -0.05) is 19.8 Å². The molecule has 2 rings (SSSR count). The van der Waals surface area contributed by atoms with Gasteiger partial charge in [0.1, 0.15) is 0 Å². The van der Waals surface area contributed by atoms with Crippen LogP contribution >= 0.6 is 0 Å². The Hall–Kier alpha value is -2.89. The highest BCUT2D eigenvalue weighted by atomic mass is 16.5. The van der Waals surface area contributed by atoms with Gasteiger partial charge in [0, 0.05) is 12.4 Å². The van der Waals surface area contributed by atoms with Gasteiger partial charge in [-0.05, 0) is 49.2 Å². The summed E-state index contributed by atoms with van der Waals surface area (Å²) in [6, 6.07) is 8.96. The first-order chi connectivity index (χ1) is 12.7. The van der Waals surface area contributed by atoms with Crippen molar-refractivity contribution in [3.05, 3.63) is 53.9 Å². The summed E-state index contributed by atoms with van der Waals surface area (Å²) >= 11 is 0. The van der Waals surface area contributed by atoms with Crippen LogP contribution in [0.25, 0.3) is 0 Å². The number of amides is 1. The molecular weight excluding hydrogens is 330 g/mol. The molecule has 0 spiro atoms. The van der Waals surface area contributed by atoms with E-state index < -0.39 is 0 Å². The zero-order valence-corrected chi connectivity index (χ0v) is 15.3. The Morgan fingerprint density at radius 1 is 1.19 bits per heavy atom. The van der Waals surface area contributed by atoms with Crippen molar-refractivity contribution in [1.82, 2.24) is 10.4 Å². The van der Waals surface area contributed by atoms with E-state index >= 15 is 0 Å². The van der Waals surface area contributed by atoms with Gasteiger partial charge in [0.25, 0.3) is 5.91 Å². The van der Waals surface area contributed by atoms with Crippen LogP contribution in [0.2, 0.25) is 0 Å². The lowest BCUT2D eigenvalue weighted by atomic mass is 10.2. The topological polar surface area (TPSA) is 72.8 Å². The lowest BCUT2D eigenvalue weighted by molar-refractivity contribution is 0.0955. The molecule has 0 fully saturated rings. The van der Waals surface area contributed by atoms with E-state index in [2.05, 4.69) is 22.4 Å². The number of carbonyl (C=O) groups excluding carboxylic acids is 1. The second-order valence-corrected chi connectivity index (χ2v) is 5.64. The maximum atomic E-state index is 11.9. The molecule has 0 saturated carbocycles. The number of hydrogen-bond donors (Lipinski definition) is 1. The van der Waals surface area contributed by atoms with Crippen LogP contribution < -0.4 is 14.9 Å². The van der Waals surface area contributed by atoms with Gasteiger partial charge in [-0.25, -0.2) is 5.43 Å². The summed E-state index contributed by atoms with van der Waals surface area (Å²) in [5.41, 5.74) is 3.74. The molecule has 2 aromatic rings. The first kappa shape index (κ1) is 19.4. The predicted octanol–water partition coefficient (Wildman–Crippen LogP) is 3.81. The third-order valence-electron chi connectivity index (χ3n) is 3.58. The van der Waals surface area contributed by atoms with Crippen molar-refractivity contribution in [1.29, 1.82) is 0 Å². The molecule has 0 aliphatic rings. The van der Waals surface area contributed by atoms with Crippen LogP contribution in [0.1, 0.15) is 49.0 Å². The Balaban J connectivity index is 1.98. The first-order valence-electron chi connectivity index (χ1n) is 8.87. The molecule has 1 N–H and O–H groups in total. The van der Waals surface area contributed by atoms with Crippen LogP contribution in [0, 0.1) is 0 Å². The molecule has 0 bridgehead atoms. The van der Waals surface area contributed by atoms with Crippen LogP contribution in [-0.4, -0.2) is 30.3 Å². The molecule has 138 valence electrons. The highest BCUT2D eigenvalue weighted by molar-refractivity contribution is 5.94. The van der Waals surface area contributed by atoms with Gasteiger partial charge in [0.2, 0.25) is 0 Å². The third kappa shape index (κ3) is 6.20. The number of rotatable bonds is 10. The van der Waals surface area contributed by atoms with E-state index in [4.69, 9.17) is 9.47 Å². The van der Waals surface area contributed by atoms with Gasteiger partial charge in [-0.15, -0.1) is 0 Å². The SMILES string of the molecule is CCCCCOc1ccc(/C=N\NC(=O)c2cccnc2)cc1OCC. The summed E-state index contributed by atoms with van der Waals surface area (Å²) in [6.45, 7) is 5.30. The molecule has 1 aromatic heterocycles. The second kappa shape index (κ2) is 10.9. The summed E-state index contributed by atoms with van der Waals surface area (Å²) in [7, 11) is 0. The van der Waals surface area contributed by atoms with Gasteiger partial charge in [-0.3, -0.25) is 9.78 Å². The van der Waals surface area contributed by atoms with E-state index in [1.165, 1.54) is 6.20 Å². The van der Waals surface area contributed by atoms with Gasteiger partial charge >= 0.3 is 0 Å².